The number of carbonyl (C=O) groups is 1. The van der Waals surface area contributed by atoms with E-state index in [0.717, 1.165) is 36.6 Å². The molecule has 1 saturated heterocycles. The number of hydrogen-bond acceptors (Lipinski definition) is 4. The lowest BCUT2D eigenvalue weighted by Gasteiger charge is -2.39. The first kappa shape index (κ1) is 13.2. The van der Waals surface area contributed by atoms with Crippen molar-refractivity contribution in [2.45, 2.75) is 25.7 Å². The minimum atomic E-state index is -0.196. The maximum absolute atomic E-state index is 10.9. The van der Waals surface area contributed by atoms with Crippen LogP contribution in [0.2, 0.25) is 0 Å². The number of hydrogen-bond donors (Lipinski definition) is 2. The second-order valence-electron chi connectivity index (χ2n) is 5.58. The summed E-state index contributed by atoms with van der Waals surface area (Å²) in [7, 11) is 0. The Hall–Kier alpha value is -1.82. The van der Waals surface area contributed by atoms with Gasteiger partial charge in [-0.1, -0.05) is 0 Å². The van der Waals surface area contributed by atoms with Crippen molar-refractivity contribution < 1.29 is 4.79 Å². The first-order chi connectivity index (χ1) is 9.72. The Bertz CT molecular complexity index is 593. The molecule has 20 heavy (non-hydrogen) atoms. The lowest BCUT2D eigenvalue weighted by molar-refractivity contribution is -0.118. The lowest BCUT2D eigenvalue weighted by Crippen LogP contribution is -2.49. The van der Waals surface area contributed by atoms with Crippen LogP contribution in [0.25, 0.3) is 6.20 Å². The van der Waals surface area contributed by atoms with Crippen LogP contribution in [0.1, 0.15) is 25.7 Å². The van der Waals surface area contributed by atoms with Gasteiger partial charge in [0.15, 0.2) is 0 Å². The van der Waals surface area contributed by atoms with Crippen LogP contribution in [0.4, 0.5) is 0 Å². The van der Waals surface area contributed by atoms with Crippen molar-refractivity contribution >= 4 is 12.1 Å². The summed E-state index contributed by atoms with van der Waals surface area (Å²) in [6.45, 7) is 2.70. The van der Waals surface area contributed by atoms with Gasteiger partial charge in [0.25, 0.3) is 0 Å². The fourth-order valence-corrected chi connectivity index (χ4v) is 2.99. The van der Waals surface area contributed by atoms with Gasteiger partial charge in [0.2, 0.25) is 5.91 Å². The van der Waals surface area contributed by atoms with E-state index >= 15 is 0 Å². The fourth-order valence-electron chi connectivity index (χ4n) is 2.99. The normalized spacial score (nSPS) is 22.8. The molecule has 0 saturated carbocycles. The molecule has 108 valence electrons. The zero-order valence-corrected chi connectivity index (χ0v) is 11.6. The predicted molar refractivity (Wildman–Crippen MR) is 75.5 cm³/mol. The highest BCUT2D eigenvalue weighted by atomic mass is 16.1. The van der Waals surface area contributed by atoms with Gasteiger partial charge in [-0.3, -0.25) is 9.80 Å². The Morgan fingerprint density at radius 2 is 2.45 bits per heavy atom. The Labute approximate surface area is 117 Å². The molecule has 3 N–H and O–H groups in total. The van der Waals surface area contributed by atoms with E-state index in [1.54, 1.807) is 0 Å². The number of primary amides is 1. The van der Waals surface area contributed by atoms with Crippen LogP contribution in [0.5, 0.6) is 0 Å². The number of aromatic nitrogens is 1. The third-order valence-corrected chi connectivity index (χ3v) is 4.08. The number of nitrogens with two attached hydrogens (primary N) is 1. The molecule has 0 radical (unpaired) electrons. The minimum absolute atomic E-state index is 0.196. The molecule has 1 amide bonds. The van der Waals surface area contributed by atoms with Crippen molar-refractivity contribution in [2.24, 2.45) is 16.6 Å². The van der Waals surface area contributed by atoms with E-state index in [-0.39, 0.29) is 5.91 Å². The number of hydrazine groups is 1. The molecular formula is C14H21N5O. The smallest absolute Gasteiger partial charge is 0.217 e. The highest BCUT2D eigenvalue weighted by molar-refractivity contribution is 5.73. The molecule has 1 aromatic rings. The van der Waals surface area contributed by atoms with Crippen LogP contribution in [0, 0.1) is 5.92 Å². The molecule has 1 fully saturated rings. The highest BCUT2D eigenvalue weighted by Gasteiger charge is 2.23. The monoisotopic (exact) mass is 275 g/mol. The Balaban J connectivity index is 1.64. The van der Waals surface area contributed by atoms with Crippen molar-refractivity contribution in [1.82, 2.24) is 15.0 Å². The van der Waals surface area contributed by atoms with E-state index in [0.29, 0.717) is 19.0 Å². The quantitative estimate of drug-likeness (QED) is 0.780. The lowest BCUT2D eigenvalue weighted by atomic mass is 9.94. The maximum Gasteiger partial charge on any atom is 0.217 e. The van der Waals surface area contributed by atoms with Crippen LogP contribution >= 0.6 is 0 Å². The minimum Gasteiger partial charge on any atom is -0.370 e. The van der Waals surface area contributed by atoms with E-state index < -0.39 is 0 Å². The summed E-state index contributed by atoms with van der Waals surface area (Å²) in [5.41, 5.74) is 6.20. The Morgan fingerprint density at radius 3 is 3.30 bits per heavy atom. The van der Waals surface area contributed by atoms with Crippen molar-refractivity contribution in [3.8, 4) is 0 Å². The van der Waals surface area contributed by atoms with Gasteiger partial charge >= 0.3 is 0 Å². The van der Waals surface area contributed by atoms with Gasteiger partial charge in [-0.15, -0.1) is 0 Å². The van der Waals surface area contributed by atoms with E-state index in [4.69, 9.17) is 5.73 Å². The molecule has 2 aliphatic rings. The van der Waals surface area contributed by atoms with Gasteiger partial charge in [0.05, 0.1) is 0 Å². The van der Waals surface area contributed by atoms with Crippen molar-refractivity contribution in [3.63, 3.8) is 0 Å². The summed E-state index contributed by atoms with van der Waals surface area (Å²) in [6, 6.07) is 2.04. The van der Waals surface area contributed by atoms with Crippen LogP contribution in [0.3, 0.4) is 0 Å². The van der Waals surface area contributed by atoms with E-state index in [9.17, 15) is 4.79 Å². The van der Waals surface area contributed by atoms with Crippen molar-refractivity contribution in [3.05, 3.63) is 23.0 Å². The Morgan fingerprint density at radius 1 is 1.55 bits per heavy atom. The standard InChI is InChI=1S/C14H21N5O/c15-13(20)4-3-11-2-1-7-18(8-11)19-9-12-5-6-16-14(12)17-10-19/h5-6,9,11H,1-4,7-8,10H2,(H2,15,20)(H,16,17). The van der Waals surface area contributed by atoms with Gasteiger partial charge in [-0.2, -0.15) is 0 Å². The molecule has 3 rings (SSSR count). The number of amides is 1. The topological polar surface area (TPSA) is 77.7 Å². The molecule has 1 aromatic heterocycles. The van der Waals surface area contributed by atoms with Crippen molar-refractivity contribution in [1.29, 1.82) is 0 Å². The van der Waals surface area contributed by atoms with Crippen LogP contribution in [-0.4, -0.2) is 40.7 Å². The van der Waals surface area contributed by atoms with Gasteiger partial charge in [0.1, 0.15) is 12.2 Å². The van der Waals surface area contributed by atoms with Crippen LogP contribution in [0.15, 0.2) is 17.3 Å². The number of fused-ring (bicyclic) bond motifs is 1. The second kappa shape index (κ2) is 5.66. The van der Waals surface area contributed by atoms with Gasteiger partial charge < -0.3 is 10.7 Å². The number of piperidine rings is 1. The average Bonchev–Trinajstić information content (AvgIpc) is 2.93. The SMILES string of the molecule is NC(=O)CCC1CCCN(N2C=c3cc[nH]c3=NC2)C1. The molecule has 1 unspecified atom stereocenters. The zero-order chi connectivity index (χ0) is 13.9. The summed E-state index contributed by atoms with van der Waals surface area (Å²) in [5, 5.41) is 5.66. The van der Waals surface area contributed by atoms with Crippen LogP contribution in [-0.2, 0) is 4.79 Å². The van der Waals surface area contributed by atoms with Gasteiger partial charge in [-0.25, -0.2) is 10.0 Å². The summed E-state index contributed by atoms with van der Waals surface area (Å²) in [4.78, 5) is 18.6. The number of carbonyl (C=O) groups excluding carboxylic acids is 1. The number of nitrogens with one attached hydrogen (secondary N) is 1. The number of nitrogens with zero attached hydrogens (tertiary/aromatic N) is 3. The number of aromatic amines is 1. The van der Waals surface area contributed by atoms with E-state index in [1.165, 1.54) is 6.42 Å². The number of H-pyrrole nitrogens is 1. The highest BCUT2D eigenvalue weighted by Crippen LogP contribution is 2.22. The van der Waals surface area contributed by atoms with Crippen LogP contribution < -0.4 is 16.4 Å². The van der Waals surface area contributed by atoms with E-state index in [2.05, 4.69) is 26.2 Å². The molecular weight excluding hydrogens is 254 g/mol. The molecule has 3 heterocycles. The van der Waals surface area contributed by atoms with Crippen molar-refractivity contribution in [2.75, 3.05) is 19.8 Å². The zero-order valence-electron chi connectivity index (χ0n) is 11.6. The Kier molecular flexibility index (Phi) is 3.73. The van der Waals surface area contributed by atoms with E-state index in [1.807, 2.05) is 12.3 Å². The fraction of sp³-hybridized carbons (Fsp3) is 0.571. The molecule has 1 atom stereocenters. The summed E-state index contributed by atoms with van der Waals surface area (Å²) in [5.74, 6) is 0.357. The molecule has 0 aliphatic carbocycles. The first-order valence-corrected chi connectivity index (χ1v) is 7.22. The average molecular weight is 275 g/mol. The molecule has 0 bridgehead atoms. The third-order valence-electron chi connectivity index (χ3n) is 4.08. The second-order valence-corrected chi connectivity index (χ2v) is 5.58. The molecule has 6 nitrogen and oxygen atoms in total. The third kappa shape index (κ3) is 2.85. The molecule has 0 aromatic carbocycles. The van der Waals surface area contributed by atoms with Gasteiger partial charge in [0, 0.05) is 37.1 Å². The predicted octanol–water partition coefficient (Wildman–Crippen LogP) is -0.462. The number of rotatable bonds is 4. The van der Waals surface area contributed by atoms with Gasteiger partial charge in [-0.05, 0) is 31.2 Å². The first-order valence-electron chi connectivity index (χ1n) is 7.22. The molecule has 2 aliphatic heterocycles. The largest absolute Gasteiger partial charge is 0.370 e. The summed E-state index contributed by atoms with van der Waals surface area (Å²) in [6.07, 6.45) is 7.80. The maximum atomic E-state index is 10.9. The molecule has 6 heteroatoms. The molecule has 0 spiro atoms. The summed E-state index contributed by atoms with van der Waals surface area (Å²) < 4.78 is 0. The summed E-state index contributed by atoms with van der Waals surface area (Å²) >= 11 is 0.